The van der Waals surface area contributed by atoms with Gasteiger partial charge in [-0.05, 0) is 73.5 Å². The molecule has 0 radical (unpaired) electrons. The van der Waals surface area contributed by atoms with Crippen molar-refractivity contribution >= 4 is 49.5 Å². The average molecular weight is 744 g/mol. The highest BCUT2D eigenvalue weighted by Gasteiger charge is 2.32. The molecule has 4 heterocycles. The Labute approximate surface area is 302 Å². The van der Waals surface area contributed by atoms with E-state index in [0.717, 1.165) is 0 Å². The zero-order valence-corrected chi connectivity index (χ0v) is 29.9. The molecule has 1 unspecified atom stereocenters. The second-order valence-corrected chi connectivity index (χ2v) is 14.9. The van der Waals surface area contributed by atoms with Crippen LogP contribution >= 0.6 is 0 Å². The fourth-order valence-electron chi connectivity index (χ4n) is 6.25. The van der Waals surface area contributed by atoms with Crippen molar-refractivity contribution in [2.75, 3.05) is 24.1 Å². The van der Waals surface area contributed by atoms with Crippen LogP contribution < -0.4 is 20.5 Å². The fourth-order valence-corrected chi connectivity index (χ4v) is 6.89. The number of furan rings is 1. The van der Waals surface area contributed by atoms with Gasteiger partial charge in [0.15, 0.2) is 0 Å². The highest BCUT2D eigenvalue weighted by Crippen LogP contribution is 2.45. The number of halogens is 2. The van der Waals surface area contributed by atoms with E-state index in [0.29, 0.717) is 39.2 Å². The Kier molecular flexibility index (Phi) is 9.16. The lowest BCUT2D eigenvalue weighted by Gasteiger charge is -2.29. The first-order valence-electron chi connectivity index (χ1n) is 16.8. The minimum atomic E-state index is -3.83. The molecule has 4 N–H and O–H groups in total. The lowest BCUT2D eigenvalue weighted by atomic mass is 10.0. The standard InChI is InChI=1S/C38H35F2N5O7S/c1-5-53(48,49)44-27-17-31-24(33(37(46)42-4)36(52-31)20-9-11-21(39)12-10-20)15-23(27)26-13-14-30-35(43-26)29-16-22-25(40)7-6-8-28(22)45(29)32(51-30)18-50-38(47)34(41)19(2)3/h6-17,19,32,34,44H,5,18,41H2,1-4H3,(H,42,46)/t32-,34?/m0/s1. The van der Waals surface area contributed by atoms with Gasteiger partial charge in [0.25, 0.3) is 5.91 Å². The van der Waals surface area contributed by atoms with Crippen LogP contribution in [-0.2, 0) is 19.6 Å². The third-order valence-corrected chi connectivity index (χ3v) is 10.4. The number of hydrogen-bond acceptors (Lipinski definition) is 9. The normalized spacial score (nSPS) is 14.5. The van der Waals surface area contributed by atoms with Crippen molar-refractivity contribution < 1.29 is 40.7 Å². The van der Waals surface area contributed by atoms with Crippen molar-refractivity contribution in [3.63, 3.8) is 0 Å². The average Bonchev–Trinajstić information content (AvgIpc) is 3.73. The molecule has 3 aromatic heterocycles. The number of rotatable bonds is 10. The van der Waals surface area contributed by atoms with E-state index in [1.807, 2.05) is 0 Å². The van der Waals surface area contributed by atoms with Gasteiger partial charge in [-0.3, -0.25) is 18.9 Å². The predicted molar refractivity (Wildman–Crippen MR) is 196 cm³/mol. The molecule has 0 spiro atoms. The molecule has 53 heavy (non-hydrogen) atoms. The number of esters is 1. The summed E-state index contributed by atoms with van der Waals surface area (Å²) in [6, 6.07) is 17.1. The molecule has 274 valence electrons. The molecule has 0 fully saturated rings. The Morgan fingerprint density at radius 2 is 1.79 bits per heavy atom. The third kappa shape index (κ3) is 6.46. The lowest BCUT2D eigenvalue weighted by Crippen LogP contribution is -2.38. The van der Waals surface area contributed by atoms with Crippen LogP contribution in [0.2, 0.25) is 0 Å². The Morgan fingerprint density at radius 3 is 2.49 bits per heavy atom. The van der Waals surface area contributed by atoms with Gasteiger partial charge in [0, 0.05) is 35.0 Å². The van der Waals surface area contributed by atoms with Gasteiger partial charge in [-0.1, -0.05) is 19.9 Å². The van der Waals surface area contributed by atoms with E-state index in [1.165, 1.54) is 50.4 Å². The maximum Gasteiger partial charge on any atom is 0.323 e. The summed E-state index contributed by atoms with van der Waals surface area (Å²) in [5.41, 5.74) is 8.67. The predicted octanol–water partition coefficient (Wildman–Crippen LogP) is 6.60. The largest absolute Gasteiger partial charge is 0.464 e. The number of aromatic nitrogens is 2. The smallest absolute Gasteiger partial charge is 0.323 e. The number of anilines is 1. The minimum absolute atomic E-state index is 0.115. The quantitative estimate of drug-likeness (QED) is 0.131. The first kappa shape index (κ1) is 35.6. The highest BCUT2D eigenvalue weighted by molar-refractivity contribution is 7.92. The SMILES string of the molecule is CCS(=O)(=O)Nc1cc2oc(-c3ccc(F)cc3)c(C(=O)NC)c2cc1-c1ccc2c(n1)-c1cc3c(F)cccc3n1[C@H](COC(=O)C(N)C(C)C)O2. The van der Waals surface area contributed by atoms with E-state index in [1.54, 1.807) is 54.8 Å². The van der Waals surface area contributed by atoms with Gasteiger partial charge in [-0.25, -0.2) is 22.2 Å². The van der Waals surface area contributed by atoms with Crippen LogP contribution in [0, 0.1) is 17.6 Å². The van der Waals surface area contributed by atoms with Crippen LogP contribution in [0.3, 0.4) is 0 Å². The number of nitrogens with two attached hydrogens (primary N) is 1. The van der Waals surface area contributed by atoms with Crippen molar-refractivity contribution in [1.82, 2.24) is 14.9 Å². The van der Waals surface area contributed by atoms with Crippen molar-refractivity contribution in [2.24, 2.45) is 11.7 Å². The zero-order valence-electron chi connectivity index (χ0n) is 29.1. The number of nitrogens with one attached hydrogen (secondary N) is 2. The van der Waals surface area contributed by atoms with Crippen molar-refractivity contribution in [1.29, 1.82) is 0 Å². The van der Waals surface area contributed by atoms with E-state index >= 15 is 4.39 Å². The first-order valence-corrected chi connectivity index (χ1v) is 18.4. The number of ether oxygens (including phenoxy) is 2. The molecule has 1 aliphatic heterocycles. The lowest BCUT2D eigenvalue weighted by molar-refractivity contribution is -0.150. The van der Waals surface area contributed by atoms with E-state index in [9.17, 15) is 22.4 Å². The van der Waals surface area contributed by atoms with Gasteiger partial charge in [0.1, 0.15) is 47.1 Å². The molecule has 15 heteroatoms. The summed E-state index contributed by atoms with van der Waals surface area (Å²) in [7, 11) is -2.38. The summed E-state index contributed by atoms with van der Waals surface area (Å²) in [6.07, 6.45) is -0.901. The molecule has 0 saturated carbocycles. The summed E-state index contributed by atoms with van der Waals surface area (Å²) in [6.45, 7) is 4.86. The van der Waals surface area contributed by atoms with E-state index in [2.05, 4.69) is 10.0 Å². The minimum Gasteiger partial charge on any atom is -0.464 e. The number of nitrogens with zero attached hydrogens (tertiary/aromatic N) is 2. The maximum atomic E-state index is 15.2. The molecule has 7 rings (SSSR count). The second kappa shape index (κ2) is 13.6. The van der Waals surface area contributed by atoms with Crippen LogP contribution in [-0.4, -0.2) is 55.3 Å². The van der Waals surface area contributed by atoms with Gasteiger partial charge in [-0.15, -0.1) is 0 Å². The summed E-state index contributed by atoms with van der Waals surface area (Å²) in [5, 5.41) is 3.23. The molecule has 2 atom stereocenters. The van der Waals surface area contributed by atoms with Crippen LogP contribution in [0.5, 0.6) is 5.75 Å². The van der Waals surface area contributed by atoms with Crippen molar-refractivity contribution in [3.05, 3.63) is 90.0 Å². The Bertz CT molecular complexity index is 2530. The topological polar surface area (TPSA) is 168 Å². The molecule has 0 saturated heterocycles. The number of fused-ring (bicyclic) bond motifs is 6. The van der Waals surface area contributed by atoms with Gasteiger partial charge in [-0.2, -0.15) is 0 Å². The number of amides is 1. The summed E-state index contributed by atoms with van der Waals surface area (Å²) < 4.78 is 77.3. The number of hydrogen-bond donors (Lipinski definition) is 3. The van der Waals surface area contributed by atoms with E-state index in [-0.39, 0.29) is 52.0 Å². The van der Waals surface area contributed by atoms with Crippen LogP contribution in [0.1, 0.15) is 37.4 Å². The molecule has 0 bridgehead atoms. The Balaban J connectivity index is 1.40. The highest BCUT2D eigenvalue weighted by atomic mass is 32.2. The number of carbonyl (C=O) groups is 2. The monoisotopic (exact) mass is 743 g/mol. The van der Waals surface area contributed by atoms with E-state index in [4.69, 9.17) is 24.6 Å². The van der Waals surface area contributed by atoms with Crippen LogP contribution in [0.25, 0.3) is 55.8 Å². The molecule has 6 aromatic rings. The second-order valence-electron chi connectivity index (χ2n) is 12.9. The molecule has 1 aliphatic rings. The summed E-state index contributed by atoms with van der Waals surface area (Å²) in [4.78, 5) is 30.9. The fraction of sp³-hybridized carbons (Fsp3) is 0.237. The van der Waals surface area contributed by atoms with Crippen molar-refractivity contribution in [3.8, 4) is 39.7 Å². The molecule has 0 aliphatic carbocycles. The third-order valence-electron chi connectivity index (χ3n) is 9.15. The van der Waals surface area contributed by atoms with Gasteiger partial charge in [0.05, 0.1) is 33.9 Å². The van der Waals surface area contributed by atoms with Crippen LogP contribution in [0.4, 0.5) is 14.5 Å². The molecule has 1 amide bonds. The number of pyridine rings is 1. The summed E-state index contributed by atoms with van der Waals surface area (Å²) in [5.74, 6) is -2.01. The Hall–Kier alpha value is -5.80. The van der Waals surface area contributed by atoms with Gasteiger partial charge < -0.3 is 24.9 Å². The Morgan fingerprint density at radius 1 is 1.04 bits per heavy atom. The molecule has 12 nitrogen and oxygen atoms in total. The molecular formula is C38H35F2N5O7S. The first-order chi connectivity index (χ1) is 25.3. The van der Waals surface area contributed by atoms with Crippen molar-refractivity contribution in [2.45, 2.75) is 33.0 Å². The molecular weight excluding hydrogens is 709 g/mol. The number of benzene rings is 3. The zero-order chi connectivity index (χ0) is 37.8. The van der Waals surface area contributed by atoms with Crippen LogP contribution in [0.15, 0.2) is 77.2 Å². The molecule has 3 aromatic carbocycles. The summed E-state index contributed by atoms with van der Waals surface area (Å²) >= 11 is 0. The maximum absolute atomic E-state index is 15.2. The van der Waals surface area contributed by atoms with E-state index < -0.39 is 45.8 Å². The number of carbonyl (C=O) groups excluding carboxylic acids is 2. The van der Waals surface area contributed by atoms with Gasteiger partial charge in [0.2, 0.25) is 16.3 Å². The number of sulfonamides is 1. The van der Waals surface area contributed by atoms with Gasteiger partial charge >= 0.3 is 5.97 Å².